The Kier molecular flexibility index (Phi) is 6.55. The summed E-state index contributed by atoms with van der Waals surface area (Å²) in [6, 6.07) is 11.1. The molecule has 0 spiro atoms. The summed E-state index contributed by atoms with van der Waals surface area (Å²) in [6.07, 6.45) is 1.48. The molecule has 0 aliphatic rings. The van der Waals surface area contributed by atoms with Crippen molar-refractivity contribution in [3.63, 3.8) is 0 Å². The van der Waals surface area contributed by atoms with Crippen molar-refractivity contribution in [2.24, 2.45) is 0 Å². The van der Waals surface area contributed by atoms with Crippen LogP contribution in [0.3, 0.4) is 0 Å². The second kappa shape index (κ2) is 9.70. The van der Waals surface area contributed by atoms with Gasteiger partial charge >= 0.3 is 0 Å². The molecule has 0 bridgehead atoms. The van der Waals surface area contributed by atoms with Gasteiger partial charge in [-0.1, -0.05) is 0 Å². The Labute approximate surface area is 195 Å². The molecule has 0 unspecified atom stereocenters. The third-order valence-electron chi connectivity index (χ3n) is 5.14. The zero-order valence-corrected chi connectivity index (χ0v) is 19.5. The van der Waals surface area contributed by atoms with Gasteiger partial charge in [-0.05, 0) is 68.7 Å². The van der Waals surface area contributed by atoms with Gasteiger partial charge in [0, 0.05) is 24.7 Å². The first-order chi connectivity index (χ1) is 16.0. The van der Waals surface area contributed by atoms with Crippen molar-refractivity contribution in [3.05, 3.63) is 64.6 Å². The number of methoxy groups -OCH3 is 3. The van der Waals surface area contributed by atoms with Crippen molar-refractivity contribution in [1.82, 2.24) is 25.1 Å². The van der Waals surface area contributed by atoms with E-state index in [-0.39, 0.29) is 5.91 Å². The molecule has 4 aromatic rings. The van der Waals surface area contributed by atoms with E-state index in [4.69, 9.17) is 14.2 Å². The fourth-order valence-electron chi connectivity index (χ4n) is 3.58. The largest absolute Gasteiger partial charge is 0.493 e. The molecule has 2 aromatic carbocycles. The van der Waals surface area contributed by atoms with Crippen LogP contribution in [-0.4, -0.2) is 59.4 Å². The summed E-state index contributed by atoms with van der Waals surface area (Å²) in [7, 11) is 6.46. The third kappa shape index (κ3) is 4.51. The minimum absolute atomic E-state index is 0.128. The number of nitrogens with zero attached hydrogens (tertiary/aromatic N) is 5. The number of carbonyl (C=O) groups excluding carboxylic acids is 1. The highest BCUT2D eigenvalue weighted by atomic mass is 32.1. The van der Waals surface area contributed by atoms with Crippen LogP contribution < -0.4 is 14.2 Å². The summed E-state index contributed by atoms with van der Waals surface area (Å²) in [5.74, 6) is 1.38. The molecule has 2 aromatic heterocycles. The van der Waals surface area contributed by atoms with Gasteiger partial charge in [-0.25, -0.2) is 4.68 Å². The maximum Gasteiger partial charge on any atom is 0.253 e. The summed E-state index contributed by atoms with van der Waals surface area (Å²) >= 11 is 1.60. The summed E-state index contributed by atoms with van der Waals surface area (Å²) in [4.78, 5) is 15.0. The molecular weight excluding hydrogens is 442 g/mol. The van der Waals surface area contributed by atoms with E-state index in [1.807, 2.05) is 35.0 Å². The molecule has 33 heavy (non-hydrogen) atoms. The number of thiophene rings is 1. The highest BCUT2D eigenvalue weighted by Gasteiger charge is 2.21. The van der Waals surface area contributed by atoms with Gasteiger partial charge in [0.05, 0.1) is 27.0 Å². The second-order valence-electron chi connectivity index (χ2n) is 7.20. The Morgan fingerprint density at radius 2 is 1.88 bits per heavy atom. The molecular formula is C23H23N5O4S. The first-order valence-electron chi connectivity index (χ1n) is 10.00. The van der Waals surface area contributed by atoms with Crippen LogP contribution in [0.1, 0.15) is 15.9 Å². The number of hydrogen-bond donors (Lipinski definition) is 0. The van der Waals surface area contributed by atoms with E-state index < -0.39 is 0 Å². The molecule has 0 saturated carbocycles. The normalized spacial score (nSPS) is 10.7. The standard InChI is InChI=1S/C23H23N5O4S/c1-27(12-15-7-8-33-13-15)23(29)17-9-16(10-18(11-17)28-14-24-25-26-28)19-5-6-20(30-2)22(32-4)21(19)31-3/h5-11,13-14H,12H2,1-4H3. The van der Waals surface area contributed by atoms with Crippen LogP contribution in [0.2, 0.25) is 0 Å². The van der Waals surface area contributed by atoms with E-state index in [0.717, 1.165) is 16.7 Å². The average molecular weight is 466 g/mol. The van der Waals surface area contributed by atoms with E-state index in [2.05, 4.69) is 15.5 Å². The monoisotopic (exact) mass is 465 g/mol. The first-order valence-corrected chi connectivity index (χ1v) is 10.9. The van der Waals surface area contributed by atoms with Crippen LogP contribution in [0.25, 0.3) is 16.8 Å². The first kappa shape index (κ1) is 22.3. The Morgan fingerprint density at radius 3 is 2.52 bits per heavy atom. The minimum Gasteiger partial charge on any atom is -0.493 e. The maximum absolute atomic E-state index is 13.3. The van der Waals surface area contributed by atoms with Crippen molar-refractivity contribution >= 4 is 17.2 Å². The zero-order valence-electron chi connectivity index (χ0n) is 18.7. The zero-order chi connectivity index (χ0) is 23.4. The smallest absolute Gasteiger partial charge is 0.253 e. The Morgan fingerprint density at radius 1 is 1.06 bits per heavy atom. The lowest BCUT2D eigenvalue weighted by Crippen LogP contribution is -2.26. The second-order valence-corrected chi connectivity index (χ2v) is 7.98. The van der Waals surface area contributed by atoms with Gasteiger partial charge in [0.15, 0.2) is 11.5 Å². The molecule has 0 aliphatic carbocycles. The van der Waals surface area contributed by atoms with Crippen LogP contribution >= 0.6 is 11.3 Å². The molecule has 10 heteroatoms. The predicted octanol–water partition coefficient (Wildman–Crippen LogP) is 3.69. The molecule has 2 heterocycles. The van der Waals surface area contributed by atoms with E-state index in [0.29, 0.717) is 35.0 Å². The number of tetrazole rings is 1. The van der Waals surface area contributed by atoms with Crippen molar-refractivity contribution in [1.29, 1.82) is 0 Å². The fourth-order valence-corrected chi connectivity index (χ4v) is 4.24. The maximum atomic E-state index is 13.3. The van der Waals surface area contributed by atoms with E-state index in [9.17, 15) is 4.79 Å². The Hall–Kier alpha value is -3.92. The summed E-state index contributed by atoms with van der Waals surface area (Å²) in [5.41, 5.74) is 3.69. The van der Waals surface area contributed by atoms with Crippen molar-refractivity contribution < 1.29 is 19.0 Å². The lowest BCUT2D eigenvalue weighted by molar-refractivity contribution is 0.0785. The highest BCUT2D eigenvalue weighted by Crippen LogP contribution is 2.44. The SMILES string of the molecule is COc1ccc(-c2cc(C(=O)N(C)Cc3ccsc3)cc(-n3cnnn3)c2)c(OC)c1OC. The van der Waals surface area contributed by atoms with Crippen molar-refractivity contribution in [3.8, 4) is 34.1 Å². The molecule has 170 valence electrons. The van der Waals surface area contributed by atoms with Crippen LogP contribution in [0.15, 0.2) is 53.5 Å². The molecule has 0 atom stereocenters. The van der Waals surface area contributed by atoms with Gasteiger partial charge in [-0.15, -0.1) is 5.10 Å². The highest BCUT2D eigenvalue weighted by molar-refractivity contribution is 7.07. The number of amides is 1. The molecule has 0 radical (unpaired) electrons. The molecule has 4 rings (SSSR count). The van der Waals surface area contributed by atoms with Gasteiger partial charge < -0.3 is 19.1 Å². The van der Waals surface area contributed by atoms with Crippen LogP contribution in [-0.2, 0) is 6.54 Å². The van der Waals surface area contributed by atoms with Gasteiger partial charge in [0.1, 0.15) is 6.33 Å². The lowest BCUT2D eigenvalue weighted by atomic mass is 9.99. The number of ether oxygens (including phenoxy) is 3. The van der Waals surface area contributed by atoms with E-state index >= 15 is 0 Å². The Bertz CT molecular complexity index is 1240. The molecule has 1 amide bonds. The van der Waals surface area contributed by atoms with Gasteiger partial charge in [-0.3, -0.25) is 4.79 Å². The number of carbonyl (C=O) groups is 1. The fraction of sp³-hybridized carbons (Fsp3) is 0.217. The average Bonchev–Trinajstić information content (AvgIpc) is 3.56. The Balaban J connectivity index is 1.82. The van der Waals surface area contributed by atoms with Crippen LogP contribution in [0.5, 0.6) is 17.2 Å². The molecule has 0 saturated heterocycles. The third-order valence-corrected chi connectivity index (χ3v) is 5.87. The van der Waals surface area contributed by atoms with E-state index in [1.165, 1.54) is 11.0 Å². The number of aromatic nitrogens is 4. The van der Waals surface area contributed by atoms with Gasteiger partial charge in [0.2, 0.25) is 5.75 Å². The van der Waals surface area contributed by atoms with E-state index in [1.54, 1.807) is 56.7 Å². The van der Waals surface area contributed by atoms with Crippen molar-refractivity contribution in [2.75, 3.05) is 28.4 Å². The molecule has 0 aliphatic heterocycles. The number of benzene rings is 2. The van der Waals surface area contributed by atoms with Crippen LogP contribution in [0.4, 0.5) is 0 Å². The van der Waals surface area contributed by atoms with Crippen molar-refractivity contribution in [2.45, 2.75) is 6.54 Å². The number of rotatable bonds is 8. The quantitative estimate of drug-likeness (QED) is 0.392. The molecule has 9 nitrogen and oxygen atoms in total. The lowest BCUT2D eigenvalue weighted by Gasteiger charge is -2.19. The minimum atomic E-state index is -0.128. The topological polar surface area (TPSA) is 91.6 Å². The molecule has 0 N–H and O–H groups in total. The summed E-state index contributed by atoms with van der Waals surface area (Å²) in [6.45, 7) is 0.506. The summed E-state index contributed by atoms with van der Waals surface area (Å²) in [5, 5.41) is 15.5. The summed E-state index contributed by atoms with van der Waals surface area (Å²) < 4.78 is 18.1. The van der Waals surface area contributed by atoms with Crippen LogP contribution in [0, 0.1) is 0 Å². The van der Waals surface area contributed by atoms with Gasteiger partial charge in [0.25, 0.3) is 5.91 Å². The molecule has 0 fully saturated rings. The predicted molar refractivity (Wildman–Crippen MR) is 124 cm³/mol. The number of hydrogen-bond acceptors (Lipinski definition) is 8. The van der Waals surface area contributed by atoms with Gasteiger partial charge in [-0.2, -0.15) is 11.3 Å².